The average molecular weight is 447 g/mol. The van der Waals surface area contributed by atoms with Crippen molar-refractivity contribution in [1.29, 1.82) is 0 Å². The van der Waals surface area contributed by atoms with Gasteiger partial charge in [0.15, 0.2) is 23.0 Å². The van der Waals surface area contributed by atoms with E-state index in [1.165, 1.54) is 24.5 Å². The number of aromatic nitrogens is 4. The third-order valence-corrected chi connectivity index (χ3v) is 4.89. The molecule has 4 aromatic rings. The summed E-state index contributed by atoms with van der Waals surface area (Å²) in [6.45, 7) is -2.62. The molecule has 0 unspecified atom stereocenters. The van der Waals surface area contributed by atoms with Crippen LogP contribution in [0.15, 0.2) is 48.8 Å². The maximum atomic E-state index is 12.4. The van der Waals surface area contributed by atoms with Crippen molar-refractivity contribution in [2.75, 3.05) is 6.79 Å². The first kappa shape index (κ1) is 19.3. The summed E-state index contributed by atoms with van der Waals surface area (Å²) >= 11 is 6.32. The van der Waals surface area contributed by atoms with Gasteiger partial charge in [-0.05, 0) is 30.3 Å². The second-order valence-electron chi connectivity index (χ2n) is 6.45. The van der Waals surface area contributed by atoms with Crippen molar-refractivity contribution in [3.63, 3.8) is 0 Å². The zero-order valence-corrected chi connectivity index (χ0v) is 16.4. The minimum atomic E-state index is -2.89. The Morgan fingerprint density at radius 3 is 2.61 bits per heavy atom. The fourth-order valence-electron chi connectivity index (χ4n) is 3.12. The zero-order valence-electron chi connectivity index (χ0n) is 15.7. The largest absolute Gasteiger partial charge is 0.472 e. The lowest BCUT2D eigenvalue weighted by molar-refractivity contribution is -0.0498. The van der Waals surface area contributed by atoms with Gasteiger partial charge in [-0.3, -0.25) is 4.98 Å². The van der Waals surface area contributed by atoms with Crippen molar-refractivity contribution in [2.45, 2.75) is 13.2 Å². The van der Waals surface area contributed by atoms with E-state index >= 15 is 0 Å². The van der Waals surface area contributed by atoms with E-state index in [9.17, 15) is 8.78 Å². The molecule has 31 heavy (non-hydrogen) atoms. The second kappa shape index (κ2) is 7.88. The van der Waals surface area contributed by atoms with Crippen LogP contribution in [0.1, 0.15) is 5.56 Å². The molecular formula is C20H13ClF2N4O4. The Balaban J connectivity index is 1.44. The molecule has 0 radical (unpaired) electrons. The summed E-state index contributed by atoms with van der Waals surface area (Å²) in [5, 5.41) is 8.76. The highest BCUT2D eigenvalue weighted by molar-refractivity contribution is 6.31. The number of ether oxygens (including phenoxy) is 4. The van der Waals surface area contributed by atoms with Crippen molar-refractivity contribution in [2.24, 2.45) is 0 Å². The van der Waals surface area contributed by atoms with Crippen LogP contribution >= 0.6 is 11.6 Å². The lowest BCUT2D eigenvalue weighted by atomic mass is 10.2. The van der Waals surface area contributed by atoms with Gasteiger partial charge in [-0.2, -0.15) is 8.78 Å². The van der Waals surface area contributed by atoms with Crippen molar-refractivity contribution >= 4 is 17.2 Å². The molecule has 0 saturated carbocycles. The molecule has 0 bridgehead atoms. The third-order valence-electron chi connectivity index (χ3n) is 4.54. The first-order valence-corrected chi connectivity index (χ1v) is 9.41. The summed E-state index contributed by atoms with van der Waals surface area (Å²) in [7, 11) is 0. The molecule has 2 aromatic heterocycles. The van der Waals surface area contributed by atoms with Gasteiger partial charge in [0.25, 0.3) is 0 Å². The van der Waals surface area contributed by atoms with Crippen LogP contribution in [0.3, 0.4) is 0 Å². The first-order valence-electron chi connectivity index (χ1n) is 9.04. The Morgan fingerprint density at radius 2 is 1.84 bits per heavy atom. The molecule has 158 valence electrons. The Bertz CT molecular complexity index is 1250. The van der Waals surface area contributed by atoms with Crippen LogP contribution in [0.25, 0.3) is 17.0 Å². The summed E-state index contributed by atoms with van der Waals surface area (Å²) in [6, 6.07) is 9.50. The standard InChI is InChI=1S/C20H13ClF2N4O4/c21-14-6-16-15(29-10-30-16)5-12(14)9-28-18-8-24-7-17-25-26-19(27(17)18)11-1-3-13(4-2-11)31-20(22)23/h1-8,20H,9-10H2. The van der Waals surface area contributed by atoms with Crippen molar-refractivity contribution in [3.8, 4) is 34.5 Å². The molecule has 3 heterocycles. The summed E-state index contributed by atoms with van der Waals surface area (Å²) in [5.74, 6) is 2.04. The van der Waals surface area contributed by atoms with Crippen LogP contribution in [0, 0.1) is 0 Å². The zero-order chi connectivity index (χ0) is 21.4. The smallest absolute Gasteiger partial charge is 0.387 e. The SMILES string of the molecule is FC(F)Oc1ccc(-c2nnc3cncc(OCc4cc5c(cc4Cl)OCO5)n23)cc1. The number of hydrogen-bond acceptors (Lipinski definition) is 7. The van der Waals surface area contributed by atoms with Crippen LogP contribution in [0.5, 0.6) is 23.1 Å². The molecule has 1 aliphatic rings. The van der Waals surface area contributed by atoms with Crippen molar-refractivity contribution < 1.29 is 27.7 Å². The van der Waals surface area contributed by atoms with E-state index in [1.807, 2.05) is 0 Å². The molecule has 0 N–H and O–H groups in total. The molecule has 11 heteroatoms. The van der Waals surface area contributed by atoms with Gasteiger partial charge in [-0.1, -0.05) is 11.6 Å². The maximum absolute atomic E-state index is 12.4. The van der Waals surface area contributed by atoms with E-state index in [0.717, 1.165) is 0 Å². The Kier molecular flexibility index (Phi) is 4.91. The van der Waals surface area contributed by atoms with Gasteiger partial charge in [-0.15, -0.1) is 10.2 Å². The Morgan fingerprint density at radius 1 is 1.06 bits per heavy atom. The van der Waals surface area contributed by atoms with Crippen molar-refractivity contribution in [3.05, 3.63) is 59.4 Å². The minimum Gasteiger partial charge on any atom is -0.472 e. The molecule has 0 fully saturated rings. The van der Waals surface area contributed by atoms with Gasteiger partial charge in [0.2, 0.25) is 12.7 Å². The molecule has 2 aromatic carbocycles. The van der Waals surface area contributed by atoms with E-state index in [4.69, 9.17) is 25.8 Å². The van der Waals surface area contributed by atoms with Gasteiger partial charge in [0, 0.05) is 17.2 Å². The number of alkyl halides is 2. The molecule has 0 amide bonds. The van der Waals surface area contributed by atoms with Crippen LogP contribution in [-0.4, -0.2) is 33.0 Å². The summed E-state index contributed by atoms with van der Waals surface area (Å²) in [4.78, 5) is 4.13. The van der Waals surface area contributed by atoms with E-state index < -0.39 is 6.61 Å². The minimum absolute atomic E-state index is 0.0446. The lowest BCUT2D eigenvalue weighted by Gasteiger charge is -2.11. The molecule has 0 saturated heterocycles. The van der Waals surface area contributed by atoms with Crippen LogP contribution in [0.2, 0.25) is 5.02 Å². The highest BCUT2D eigenvalue weighted by atomic mass is 35.5. The van der Waals surface area contributed by atoms with E-state index in [2.05, 4.69) is 19.9 Å². The van der Waals surface area contributed by atoms with E-state index in [1.54, 1.807) is 28.7 Å². The maximum Gasteiger partial charge on any atom is 0.387 e. The number of rotatable bonds is 6. The Hall–Kier alpha value is -3.66. The Labute approximate surface area is 178 Å². The fourth-order valence-corrected chi connectivity index (χ4v) is 3.33. The molecule has 0 aliphatic carbocycles. The monoisotopic (exact) mass is 446 g/mol. The summed E-state index contributed by atoms with van der Waals surface area (Å²) < 4.78 is 47.5. The number of benzene rings is 2. The number of hydrogen-bond donors (Lipinski definition) is 0. The molecule has 5 rings (SSSR count). The fraction of sp³-hybridized carbons (Fsp3) is 0.150. The normalized spacial score (nSPS) is 12.5. The highest BCUT2D eigenvalue weighted by Gasteiger charge is 2.18. The number of fused-ring (bicyclic) bond motifs is 2. The molecule has 0 atom stereocenters. The van der Waals surface area contributed by atoms with Gasteiger partial charge in [-0.25, -0.2) is 4.40 Å². The van der Waals surface area contributed by atoms with Crippen LogP contribution in [0.4, 0.5) is 8.78 Å². The van der Waals surface area contributed by atoms with Gasteiger partial charge >= 0.3 is 6.61 Å². The van der Waals surface area contributed by atoms with Gasteiger partial charge in [0.1, 0.15) is 12.4 Å². The van der Waals surface area contributed by atoms with Crippen molar-refractivity contribution in [1.82, 2.24) is 19.6 Å². The first-order chi connectivity index (χ1) is 15.1. The predicted molar refractivity (Wildman–Crippen MR) is 105 cm³/mol. The average Bonchev–Trinajstić information content (AvgIpc) is 3.39. The molecular weight excluding hydrogens is 434 g/mol. The van der Waals surface area contributed by atoms with Gasteiger partial charge < -0.3 is 18.9 Å². The second-order valence-corrected chi connectivity index (χ2v) is 6.86. The predicted octanol–water partition coefficient (Wildman–Crippen LogP) is 4.35. The van der Waals surface area contributed by atoms with E-state index in [-0.39, 0.29) is 19.1 Å². The highest BCUT2D eigenvalue weighted by Crippen LogP contribution is 2.37. The molecule has 8 nitrogen and oxygen atoms in total. The number of halogens is 3. The lowest BCUT2D eigenvalue weighted by Crippen LogP contribution is -2.03. The van der Waals surface area contributed by atoms with Crippen LogP contribution < -0.4 is 18.9 Å². The molecule has 0 spiro atoms. The third kappa shape index (κ3) is 3.77. The van der Waals surface area contributed by atoms with Crippen LogP contribution in [-0.2, 0) is 6.61 Å². The van der Waals surface area contributed by atoms with E-state index in [0.29, 0.717) is 45.0 Å². The summed E-state index contributed by atoms with van der Waals surface area (Å²) in [5.41, 5.74) is 1.79. The summed E-state index contributed by atoms with van der Waals surface area (Å²) in [6.07, 6.45) is 3.06. The number of nitrogens with zero attached hydrogens (tertiary/aromatic N) is 4. The topological polar surface area (TPSA) is 80.0 Å². The quantitative estimate of drug-likeness (QED) is 0.435. The van der Waals surface area contributed by atoms with Gasteiger partial charge in [0.05, 0.1) is 17.4 Å². The molecule has 1 aliphatic heterocycles.